The molecule has 1 aliphatic heterocycles. The van der Waals surface area contributed by atoms with Gasteiger partial charge in [-0.05, 0) is 24.1 Å². The quantitative estimate of drug-likeness (QED) is 0.730. The lowest BCUT2D eigenvalue weighted by atomic mass is 9.94. The molecule has 0 bridgehead atoms. The zero-order valence-electron chi connectivity index (χ0n) is 8.28. The van der Waals surface area contributed by atoms with Crippen LogP contribution in [0.25, 0.3) is 0 Å². The first-order valence-corrected chi connectivity index (χ1v) is 4.75. The van der Waals surface area contributed by atoms with Gasteiger partial charge in [0, 0.05) is 11.6 Å². The maximum absolute atomic E-state index is 11.4. The maximum atomic E-state index is 11.4. The van der Waals surface area contributed by atoms with Crippen molar-refractivity contribution in [3.05, 3.63) is 29.3 Å². The fourth-order valence-corrected chi connectivity index (χ4v) is 1.68. The number of amides is 1. The number of fused-ring (bicyclic) bond motifs is 1. The molecular formula is C11H11NO3. The van der Waals surface area contributed by atoms with Crippen LogP contribution in [-0.2, 0) is 11.2 Å². The third-order valence-corrected chi connectivity index (χ3v) is 2.59. The number of rotatable bonds is 1. The Morgan fingerprint density at radius 2 is 2.27 bits per heavy atom. The van der Waals surface area contributed by atoms with Gasteiger partial charge in [-0.2, -0.15) is 0 Å². The minimum atomic E-state index is -0.981. The van der Waals surface area contributed by atoms with Gasteiger partial charge < -0.3 is 10.4 Å². The summed E-state index contributed by atoms with van der Waals surface area (Å²) >= 11 is 0. The first-order chi connectivity index (χ1) is 7.08. The largest absolute Gasteiger partial charge is 0.478 e. The van der Waals surface area contributed by atoms with Crippen molar-refractivity contribution in [2.45, 2.75) is 13.3 Å². The molecule has 1 aromatic carbocycles. The van der Waals surface area contributed by atoms with Gasteiger partial charge in [0.1, 0.15) is 0 Å². The lowest BCUT2D eigenvalue weighted by molar-refractivity contribution is -0.119. The van der Waals surface area contributed by atoms with Crippen molar-refractivity contribution in [3.8, 4) is 0 Å². The van der Waals surface area contributed by atoms with Crippen LogP contribution >= 0.6 is 0 Å². The topological polar surface area (TPSA) is 66.4 Å². The lowest BCUT2D eigenvalue weighted by Gasteiger charge is -2.21. The monoisotopic (exact) mass is 205 g/mol. The molecule has 1 heterocycles. The number of hydrogen-bond donors (Lipinski definition) is 2. The van der Waals surface area contributed by atoms with Gasteiger partial charge in [-0.3, -0.25) is 4.79 Å². The Kier molecular flexibility index (Phi) is 2.19. The Hall–Kier alpha value is -1.84. The molecule has 0 spiro atoms. The summed E-state index contributed by atoms with van der Waals surface area (Å²) < 4.78 is 0. The van der Waals surface area contributed by atoms with Gasteiger partial charge in [0.15, 0.2) is 0 Å². The molecule has 1 unspecified atom stereocenters. The van der Waals surface area contributed by atoms with E-state index in [-0.39, 0.29) is 17.4 Å². The van der Waals surface area contributed by atoms with Crippen molar-refractivity contribution in [3.63, 3.8) is 0 Å². The zero-order chi connectivity index (χ0) is 11.0. The fraction of sp³-hybridized carbons (Fsp3) is 0.273. The molecule has 15 heavy (non-hydrogen) atoms. The van der Waals surface area contributed by atoms with E-state index in [0.29, 0.717) is 12.1 Å². The average molecular weight is 205 g/mol. The minimum absolute atomic E-state index is 0.0480. The van der Waals surface area contributed by atoms with Crippen molar-refractivity contribution in [2.24, 2.45) is 5.92 Å². The number of carbonyl (C=O) groups excluding carboxylic acids is 1. The predicted molar refractivity (Wildman–Crippen MR) is 54.9 cm³/mol. The summed E-state index contributed by atoms with van der Waals surface area (Å²) in [7, 11) is 0. The van der Waals surface area contributed by atoms with Crippen LogP contribution in [0.3, 0.4) is 0 Å². The molecule has 0 radical (unpaired) electrons. The highest BCUT2D eigenvalue weighted by Crippen LogP contribution is 2.26. The van der Waals surface area contributed by atoms with E-state index in [1.807, 2.05) is 6.92 Å². The molecule has 4 heteroatoms. The molecule has 0 saturated heterocycles. The SMILES string of the molecule is CC1Cc2ccc(C(=O)O)cc2NC1=O. The summed E-state index contributed by atoms with van der Waals surface area (Å²) in [4.78, 5) is 22.1. The number of nitrogens with one attached hydrogen (secondary N) is 1. The number of aromatic carboxylic acids is 1. The van der Waals surface area contributed by atoms with E-state index in [1.165, 1.54) is 6.07 Å². The van der Waals surface area contributed by atoms with Crippen LogP contribution in [-0.4, -0.2) is 17.0 Å². The van der Waals surface area contributed by atoms with Crippen LogP contribution in [0.4, 0.5) is 5.69 Å². The number of carboxylic acid groups (broad SMARTS) is 1. The first-order valence-electron chi connectivity index (χ1n) is 4.75. The molecule has 0 saturated carbocycles. The zero-order valence-corrected chi connectivity index (χ0v) is 8.28. The van der Waals surface area contributed by atoms with Crippen LogP contribution in [0.2, 0.25) is 0 Å². The molecule has 0 aliphatic carbocycles. The third-order valence-electron chi connectivity index (χ3n) is 2.59. The van der Waals surface area contributed by atoms with Gasteiger partial charge in [0.05, 0.1) is 5.56 Å². The molecule has 0 aromatic heterocycles. The summed E-state index contributed by atoms with van der Waals surface area (Å²) in [5.41, 5.74) is 1.81. The maximum Gasteiger partial charge on any atom is 0.335 e. The molecule has 4 nitrogen and oxygen atoms in total. The molecule has 1 aliphatic rings. The highest BCUT2D eigenvalue weighted by atomic mass is 16.4. The van der Waals surface area contributed by atoms with Gasteiger partial charge in [-0.1, -0.05) is 13.0 Å². The molecule has 2 N–H and O–H groups in total. The second-order valence-corrected chi connectivity index (χ2v) is 3.77. The van der Waals surface area contributed by atoms with E-state index >= 15 is 0 Å². The highest BCUT2D eigenvalue weighted by molar-refractivity contribution is 5.97. The average Bonchev–Trinajstić information content (AvgIpc) is 2.19. The molecule has 1 atom stereocenters. The standard InChI is InChI=1S/C11H11NO3/c1-6-4-7-2-3-8(11(14)15)5-9(7)12-10(6)13/h2-3,5-6H,4H2,1H3,(H,12,13)(H,14,15). The number of carbonyl (C=O) groups is 2. The van der Waals surface area contributed by atoms with Crippen LogP contribution in [0.15, 0.2) is 18.2 Å². The predicted octanol–water partition coefficient (Wildman–Crippen LogP) is 1.52. The lowest BCUT2D eigenvalue weighted by Crippen LogP contribution is -2.27. The number of anilines is 1. The number of hydrogen-bond acceptors (Lipinski definition) is 2. The van der Waals surface area contributed by atoms with Crippen molar-refractivity contribution < 1.29 is 14.7 Å². The summed E-state index contributed by atoms with van der Waals surface area (Å²) in [6.07, 6.45) is 0.668. The van der Waals surface area contributed by atoms with Gasteiger partial charge in [-0.15, -0.1) is 0 Å². The Bertz CT molecular complexity index is 439. The van der Waals surface area contributed by atoms with Gasteiger partial charge >= 0.3 is 5.97 Å². The highest BCUT2D eigenvalue weighted by Gasteiger charge is 2.22. The minimum Gasteiger partial charge on any atom is -0.478 e. The Morgan fingerprint density at radius 1 is 1.53 bits per heavy atom. The van der Waals surface area contributed by atoms with Crippen LogP contribution in [0, 0.1) is 5.92 Å². The van der Waals surface area contributed by atoms with Gasteiger partial charge in [0.2, 0.25) is 5.91 Å². The smallest absolute Gasteiger partial charge is 0.335 e. The number of benzene rings is 1. The van der Waals surface area contributed by atoms with Crippen molar-refractivity contribution >= 4 is 17.6 Å². The molecule has 2 rings (SSSR count). The van der Waals surface area contributed by atoms with Crippen LogP contribution < -0.4 is 5.32 Å². The molecule has 78 valence electrons. The summed E-state index contributed by atoms with van der Waals surface area (Å²) in [6, 6.07) is 4.82. The molecular weight excluding hydrogens is 194 g/mol. The Balaban J connectivity index is 2.41. The normalized spacial score (nSPS) is 19.3. The Morgan fingerprint density at radius 3 is 2.93 bits per heavy atom. The van der Waals surface area contributed by atoms with Crippen molar-refractivity contribution in [1.82, 2.24) is 0 Å². The van der Waals surface area contributed by atoms with E-state index in [1.54, 1.807) is 12.1 Å². The van der Waals surface area contributed by atoms with E-state index < -0.39 is 5.97 Å². The second kappa shape index (κ2) is 3.38. The van der Waals surface area contributed by atoms with E-state index in [9.17, 15) is 9.59 Å². The third kappa shape index (κ3) is 1.70. The van der Waals surface area contributed by atoms with Crippen LogP contribution in [0.1, 0.15) is 22.8 Å². The fourth-order valence-electron chi connectivity index (χ4n) is 1.68. The van der Waals surface area contributed by atoms with Crippen molar-refractivity contribution in [2.75, 3.05) is 5.32 Å². The summed E-state index contributed by atoms with van der Waals surface area (Å²) in [5.74, 6) is -1.08. The van der Waals surface area contributed by atoms with Gasteiger partial charge in [-0.25, -0.2) is 4.79 Å². The molecule has 1 amide bonds. The van der Waals surface area contributed by atoms with E-state index in [0.717, 1.165) is 5.56 Å². The summed E-state index contributed by atoms with van der Waals surface area (Å²) in [5, 5.41) is 11.5. The van der Waals surface area contributed by atoms with Crippen molar-refractivity contribution in [1.29, 1.82) is 0 Å². The Labute approximate surface area is 86.9 Å². The van der Waals surface area contributed by atoms with Gasteiger partial charge in [0.25, 0.3) is 0 Å². The molecule has 1 aromatic rings. The molecule has 0 fully saturated rings. The number of carboxylic acids is 1. The van der Waals surface area contributed by atoms with E-state index in [4.69, 9.17) is 5.11 Å². The second-order valence-electron chi connectivity index (χ2n) is 3.77. The van der Waals surface area contributed by atoms with E-state index in [2.05, 4.69) is 5.32 Å². The first kappa shape index (κ1) is 9.71. The summed E-state index contributed by atoms with van der Waals surface area (Å²) in [6.45, 7) is 1.85. The van der Waals surface area contributed by atoms with Crippen LogP contribution in [0.5, 0.6) is 0 Å².